The smallest absolute Gasteiger partial charge is 0.329 e. The number of hydrogen-bond acceptors (Lipinski definition) is 6. The molecule has 2 aromatic rings. The Bertz CT molecular complexity index is 1000. The number of amides is 3. The molecule has 0 unspecified atom stereocenters. The van der Waals surface area contributed by atoms with E-state index in [-0.39, 0.29) is 24.7 Å². The van der Waals surface area contributed by atoms with Crippen LogP contribution in [0.1, 0.15) is 11.1 Å². The van der Waals surface area contributed by atoms with Crippen LogP contribution in [0.5, 0.6) is 11.5 Å². The summed E-state index contributed by atoms with van der Waals surface area (Å²) in [5.41, 5.74) is 1.11. The average Bonchev–Trinajstić information content (AvgIpc) is 3.22. The van der Waals surface area contributed by atoms with E-state index in [0.717, 1.165) is 4.90 Å². The van der Waals surface area contributed by atoms with Crippen LogP contribution in [0.4, 0.5) is 10.5 Å². The Hall–Kier alpha value is -3.88. The summed E-state index contributed by atoms with van der Waals surface area (Å²) in [4.78, 5) is 36.1. The molecule has 2 aliphatic rings. The number of nitro groups is 1. The Morgan fingerprint density at radius 3 is 2.78 bits per heavy atom. The first-order chi connectivity index (χ1) is 13.0. The van der Waals surface area contributed by atoms with Gasteiger partial charge in [0.25, 0.3) is 11.6 Å². The van der Waals surface area contributed by atoms with Crippen LogP contribution in [-0.2, 0) is 11.3 Å². The number of nitro benzene ring substituents is 1. The molecule has 136 valence electrons. The monoisotopic (exact) mass is 367 g/mol. The summed E-state index contributed by atoms with van der Waals surface area (Å²) in [5, 5.41) is 13.4. The third-order valence-corrected chi connectivity index (χ3v) is 4.13. The van der Waals surface area contributed by atoms with Crippen molar-refractivity contribution in [3.05, 3.63) is 69.4 Å². The molecule has 4 rings (SSSR count). The second-order valence-corrected chi connectivity index (χ2v) is 5.92. The van der Waals surface area contributed by atoms with Crippen LogP contribution in [-0.4, -0.2) is 28.6 Å². The number of imide groups is 1. The van der Waals surface area contributed by atoms with Crippen LogP contribution in [0.2, 0.25) is 0 Å². The number of non-ortho nitro benzene ring substituents is 1. The van der Waals surface area contributed by atoms with Gasteiger partial charge in [-0.3, -0.25) is 19.8 Å². The lowest BCUT2D eigenvalue weighted by Crippen LogP contribution is -2.30. The second kappa shape index (κ2) is 6.45. The van der Waals surface area contributed by atoms with Gasteiger partial charge in [-0.15, -0.1) is 0 Å². The van der Waals surface area contributed by atoms with Gasteiger partial charge in [0.15, 0.2) is 11.5 Å². The molecule has 2 heterocycles. The number of rotatable bonds is 4. The molecule has 1 fully saturated rings. The molecule has 0 atom stereocenters. The molecule has 1 N–H and O–H groups in total. The van der Waals surface area contributed by atoms with Crippen LogP contribution >= 0.6 is 0 Å². The van der Waals surface area contributed by atoms with Gasteiger partial charge in [-0.05, 0) is 29.3 Å². The summed E-state index contributed by atoms with van der Waals surface area (Å²) in [6.45, 7) is 0.200. The van der Waals surface area contributed by atoms with Crippen molar-refractivity contribution in [1.29, 1.82) is 0 Å². The van der Waals surface area contributed by atoms with Gasteiger partial charge in [0.2, 0.25) is 6.79 Å². The Morgan fingerprint density at radius 2 is 1.96 bits per heavy atom. The third-order valence-electron chi connectivity index (χ3n) is 4.13. The fourth-order valence-electron chi connectivity index (χ4n) is 2.83. The Kier molecular flexibility index (Phi) is 3.96. The summed E-state index contributed by atoms with van der Waals surface area (Å²) < 4.78 is 10.5. The minimum Gasteiger partial charge on any atom is -0.454 e. The second-order valence-electron chi connectivity index (χ2n) is 5.92. The van der Waals surface area contributed by atoms with E-state index < -0.39 is 16.9 Å². The highest BCUT2D eigenvalue weighted by Gasteiger charge is 2.33. The first-order valence-corrected chi connectivity index (χ1v) is 7.99. The lowest BCUT2D eigenvalue weighted by molar-refractivity contribution is -0.384. The van der Waals surface area contributed by atoms with Gasteiger partial charge in [0, 0.05) is 12.1 Å². The van der Waals surface area contributed by atoms with E-state index in [2.05, 4.69) is 5.32 Å². The van der Waals surface area contributed by atoms with Crippen LogP contribution in [0.3, 0.4) is 0 Å². The minimum absolute atomic E-state index is 0.0567. The molecule has 9 nitrogen and oxygen atoms in total. The molecule has 2 aliphatic heterocycles. The van der Waals surface area contributed by atoms with Gasteiger partial charge in [0.05, 0.1) is 11.5 Å². The van der Waals surface area contributed by atoms with Crippen molar-refractivity contribution in [3.8, 4) is 11.5 Å². The molecular weight excluding hydrogens is 354 g/mol. The van der Waals surface area contributed by atoms with Gasteiger partial charge in [-0.25, -0.2) is 4.79 Å². The quantitative estimate of drug-likeness (QED) is 0.384. The molecular formula is C18H13N3O6. The van der Waals surface area contributed by atoms with E-state index >= 15 is 0 Å². The standard InChI is InChI=1S/C18H13N3O6/c22-17-14(7-11-2-1-3-13(6-11)21(24)25)19-18(23)20(17)9-12-4-5-15-16(8-12)27-10-26-15/h1-8H,9-10H2,(H,19,23)/b14-7-. The molecule has 27 heavy (non-hydrogen) atoms. The fraction of sp³-hybridized carbons (Fsp3) is 0.111. The summed E-state index contributed by atoms with van der Waals surface area (Å²) in [7, 11) is 0. The van der Waals surface area contributed by atoms with E-state index in [0.29, 0.717) is 22.6 Å². The Labute approximate surface area is 152 Å². The molecule has 2 aromatic carbocycles. The Balaban J connectivity index is 1.55. The molecule has 1 saturated heterocycles. The normalized spacial score (nSPS) is 16.7. The average molecular weight is 367 g/mol. The van der Waals surface area contributed by atoms with E-state index in [1.165, 1.54) is 24.3 Å². The molecule has 0 aromatic heterocycles. The highest BCUT2D eigenvalue weighted by molar-refractivity contribution is 6.13. The van der Waals surface area contributed by atoms with Crippen LogP contribution in [0.15, 0.2) is 48.2 Å². The highest BCUT2D eigenvalue weighted by Crippen LogP contribution is 2.33. The molecule has 0 bridgehead atoms. The largest absolute Gasteiger partial charge is 0.454 e. The van der Waals surface area contributed by atoms with E-state index in [4.69, 9.17) is 9.47 Å². The number of hydrogen-bond donors (Lipinski definition) is 1. The summed E-state index contributed by atoms with van der Waals surface area (Å²) in [5.74, 6) is 0.665. The predicted octanol–water partition coefficient (Wildman–Crippen LogP) is 2.42. The number of benzene rings is 2. The number of fused-ring (bicyclic) bond motifs is 1. The first-order valence-electron chi connectivity index (χ1n) is 7.99. The number of nitrogens with one attached hydrogen (secondary N) is 1. The van der Waals surface area contributed by atoms with Crippen molar-refractivity contribution in [2.24, 2.45) is 0 Å². The van der Waals surface area contributed by atoms with Crippen LogP contribution < -0.4 is 14.8 Å². The Morgan fingerprint density at radius 1 is 1.15 bits per heavy atom. The SMILES string of the molecule is O=C1N/C(=C\c2cccc([N+](=O)[O-])c2)C(=O)N1Cc1ccc2c(c1)OCO2. The van der Waals surface area contributed by atoms with E-state index in [9.17, 15) is 19.7 Å². The molecule has 3 amide bonds. The number of ether oxygens (including phenoxy) is 2. The fourth-order valence-corrected chi connectivity index (χ4v) is 2.83. The maximum Gasteiger partial charge on any atom is 0.329 e. The van der Waals surface area contributed by atoms with Gasteiger partial charge >= 0.3 is 6.03 Å². The van der Waals surface area contributed by atoms with Crippen molar-refractivity contribution >= 4 is 23.7 Å². The molecule has 0 radical (unpaired) electrons. The van der Waals surface area contributed by atoms with Crippen LogP contribution in [0.25, 0.3) is 6.08 Å². The van der Waals surface area contributed by atoms with Crippen molar-refractivity contribution in [3.63, 3.8) is 0 Å². The van der Waals surface area contributed by atoms with Gasteiger partial charge in [-0.2, -0.15) is 0 Å². The summed E-state index contributed by atoms with van der Waals surface area (Å²) in [6.07, 6.45) is 1.41. The van der Waals surface area contributed by atoms with Crippen molar-refractivity contribution in [2.75, 3.05) is 6.79 Å². The topological polar surface area (TPSA) is 111 Å². The molecule has 0 aliphatic carbocycles. The number of nitrogens with zero attached hydrogens (tertiary/aromatic N) is 2. The lowest BCUT2D eigenvalue weighted by Gasteiger charge is -2.12. The number of carbonyl (C=O) groups is 2. The maximum atomic E-state index is 12.6. The number of urea groups is 1. The highest BCUT2D eigenvalue weighted by atomic mass is 16.7. The zero-order chi connectivity index (χ0) is 19.0. The van der Waals surface area contributed by atoms with Gasteiger partial charge in [0.1, 0.15) is 5.70 Å². The van der Waals surface area contributed by atoms with Crippen LogP contribution in [0, 0.1) is 10.1 Å². The minimum atomic E-state index is -0.561. The first kappa shape index (κ1) is 16.6. The summed E-state index contributed by atoms with van der Waals surface area (Å²) >= 11 is 0. The molecule has 9 heteroatoms. The van der Waals surface area contributed by atoms with Gasteiger partial charge < -0.3 is 14.8 Å². The summed E-state index contributed by atoms with van der Waals surface area (Å²) in [6, 6.07) is 10.4. The van der Waals surface area contributed by atoms with Crippen molar-refractivity contribution in [2.45, 2.75) is 6.54 Å². The van der Waals surface area contributed by atoms with Crippen molar-refractivity contribution < 1.29 is 24.0 Å². The maximum absolute atomic E-state index is 12.6. The lowest BCUT2D eigenvalue weighted by atomic mass is 10.1. The van der Waals surface area contributed by atoms with Crippen molar-refractivity contribution in [1.82, 2.24) is 10.2 Å². The van der Waals surface area contributed by atoms with Gasteiger partial charge in [-0.1, -0.05) is 18.2 Å². The number of carbonyl (C=O) groups excluding carboxylic acids is 2. The van der Waals surface area contributed by atoms with E-state index in [1.807, 2.05) is 0 Å². The predicted molar refractivity (Wildman–Crippen MR) is 92.7 cm³/mol. The zero-order valence-electron chi connectivity index (χ0n) is 13.9. The molecule has 0 saturated carbocycles. The van der Waals surface area contributed by atoms with E-state index in [1.54, 1.807) is 24.3 Å². The molecule has 0 spiro atoms. The zero-order valence-corrected chi connectivity index (χ0v) is 13.9. The third kappa shape index (κ3) is 3.17.